The Morgan fingerprint density at radius 2 is 1.75 bits per heavy atom. The molecule has 0 amide bonds. The molecule has 1 aliphatic carbocycles. The van der Waals surface area contributed by atoms with E-state index < -0.39 is 11.6 Å². The van der Waals surface area contributed by atoms with E-state index in [4.69, 9.17) is 9.84 Å². The van der Waals surface area contributed by atoms with Gasteiger partial charge in [0.2, 0.25) is 0 Å². The third-order valence-corrected chi connectivity index (χ3v) is 4.37. The number of hydrogen-bond acceptors (Lipinski definition) is 3. The Hall–Kier alpha value is -1.55. The Balaban J connectivity index is 2.30. The van der Waals surface area contributed by atoms with Crippen LogP contribution in [-0.2, 0) is 10.4 Å². The van der Waals surface area contributed by atoms with Gasteiger partial charge in [-0.2, -0.15) is 0 Å². The van der Waals surface area contributed by atoms with Crippen molar-refractivity contribution >= 4 is 5.97 Å². The highest BCUT2D eigenvalue weighted by Crippen LogP contribution is 2.42. The molecule has 0 spiro atoms. The van der Waals surface area contributed by atoms with E-state index in [1.807, 2.05) is 26.0 Å². The van der Waals surface area contributed by atoms with E-state index in [1.54, 1.807) is 7.11 Å². The van der Waals surface area contributed by atoms with Crippen LogP contribution in [0.15, 0.2) is 12.1 Å². The Morgan fingerprint density at radius 3 is 2.15 bits per heavy atom. The zero-order valence-corrected chi connectivity index (χ0v) is 12.3. The monoisotopic (exact) mass is 278 g/mol. The van der Waals surface area contributed by atoms with Crippen molar-refractivity contribution in [3.63, 3.8) is 0 Å². The summed E-state index contributed by atoms with van der Waals surface area (Å²) in [5.74, 6) is -0.295. The van der Waals surface area contributed by atoms with Gasteiger partial charge >= 0.3 is 5.97 Å². The van der Waals surface area contributed by atoms with E-state index in [-0.39, 0.29) is 5.92 Å². The van der Waals surface area contributed by atoms with E-state index in [2.05, 4.69) is 0 Å². The van der Waals surface area contributed by atoms with Crippen molar-refractivity contribution in [1.29, 1.82) is 0 Å². The van der Waals surface area contributed by atoms with Crippen molar-refractivity contribution in [2.45, 2.75) is 45.1 Å². The smallest absolute Gasteiger partial charge is 0.306 e. The molecule has 4 nitrogen and oxygen atoms in total. The van der Waals surface area contributed by atoms with E-state index in [1.165, 1.54) is 0 Å². The van der Waals surface area contributed by atoms with Crippen molar-refractivity contribution in [3.8, 4) is 5.75 Å². The molecule has 20 heavy (non-hydrogen) atoms. The second-order valence-corrected chi connectivity index (χ2v) is 5.78. The zero-order valence-electron chi connectivity index (χ0n) is 12.3. The molecule has 0 saturated heterocycles. The maximum atomic E-state index is 11.0. The Kier molecular flexibility index (Phi) is 4.04. The summed E-state index contributed by atoms with van der Waals surface area (Å²) in [4.78, 5) is 11.0. The number of benzene rings is 1. The number of hydrogen-bond donors (Lipinski definition) is 2. The molecule has 110 valence electrons. The summed E-state index contributed by atoms with van der Waals surface area (Å²) < 4.78 is 5.24. The van der Waals surface area contributed by atoms with Crippen molar-refractivity contribution in [1.82, 2.24) is 0 Å². The Labute approximate surface area is 119 Å². The number of carboxylic acids is 1. The molecule has 0 aromatic heterocycles. The standard InChI is InChI=1S/C16H22O4/c1-10-8-13(20-3)9-11(2)14(10)16(19)6-4-12(5-7-16)15(17)18/h8-9,12,19H,4-7H2,1-3H3,(H,17,18). The van der Waals surface area contributed by atoms with Crippen LogP contribution < -0.4 is 4.74 Å². The molecule has 0 radical (unpaired) electrons. The van der Waals surface area contributed by atoms with Gasteiger partial charge in [0.15, 0.2) is 0 Å². The molecule has 0 aliphatic heterocycles. The second kappa shape index (κ2) is 5.44. The highest BCUT2D eigenvalue weighted by Gasteiger charge is 2.38. The number of rotatable bonds is 3. The van der Waals surface area contributed by atoms with Gasteiger partial charge in [-0.25, -0.2) is 0 Å². The van der Waals surface area contributed by atoms with Gasteiger partial charge in [0.25, 0.3) is 0 Å². The number of aliphatic carboxylic acids is 1. The van der Waals surface area contributed by atoms with E-state index in [0.717, 1.165) is 22.4 Å². The summed E-state index contributed by atoms with van der Waals surface area (Å²) >= 11 is 0. The third kappa shape index (κ3) is 2.66. The molecule has 1 fully saturated rings. The van der Waals surface area contributed by atoms with Gasteiger partial charge in [-0.3, -0.25) is 4.79 Å². The molecule has 2 N–H and O–H groups in total. The maximum absolute atomic E-state index is 11.0. The van der Waals surface area contributed by atoms with Crippen LogP contribution in [0.25, 0.3) is 0 Å². The van der Waals surface area contributed by atoms with E-state index >= 15 is 0 Å². The summed E-state index contributed by atoms with van der Waals surface area (Å²) in [5.41, 5.74) is 2.02. The quantitative estimate of drug-likeness (QED) is 0.892. The van der Waals surface area contributed by atoms with Gasteiger partial charge in [-0.1, -0.05) is 0 Å². The highest BCUT2D eigenvalue weighted by atomic mass is 16.5. The van der Waals surface area contributed by atoms with Crippen LogP contribution in [0.5, 0.6) is 5.75 Å². The third-order valence-electron chi connectivity index (χ3n) is 4.37. The van der Waals surface area contributed by atoms with E-state index in [9.17, 15) is 9.90 Å². The predicted molar refractivity (Wildman–Crippen MR) is 76.0 cm³/mol. The van der Waals surface area contributed by atoms with Crippen molar-refractivity contribution in [2.75, 3.05) is 7.11 Å². The molecule has 0 bridgehead atoms. The zero-order chi connectivity index (χ0) is 14.9. The molecule has 0 unspecified atom stereocenters. The minimum Gasteiger partial charge on any atom is -0.497 e. The van der Waals surface area contributed by atoms with Crippen LogP contribution in [0.4, 0.5) is 0 Å². The fourth-order valence-electron chi connectivity index (χ4n) is 3.37. The predicted octanol–water partition coefficient (Wildman–Crippen LogP) is 2.77. The molecule has 0 atom stereocenters. The van der Waals surface area contributed by atoms with Crippen LogP contribution in [0, 0.1) is 19.8 Å². The fraction of sp³-hybridized carbons (Fsp3) is 0.562. The number of aryl methyl sites for hydroxylation is 2. The first-order chi connectivity index (χ1) is 9.37. The fourth-order valence-corrected chi connectivity index (χ4v) is 3.37. The van der Waals surface area contributed by atoms with Crippen LogP contribution in [0.3, 0.4) is 0 Å². The molecule has 0 heterocycles. The number of ether oxygens (including phenoxy) is 1. The summed E-state index contributed by atoms with van der Waals surface area (Å²) in [6.45, 7) is 3.93. The number of methoxy groups -OCH3 is 1. The van der Waals surface area contributed by atoms with Crippen molar-refractivity contribution in [2.24, 2.45) is 5.92 Å². The normalized spacial score (nSPS) is 26.3. The molecular weight excluding hydrogens is 256 g/mol. The average Bonchev–Trinajstić information content (AvgIpc) is 2.37. The second-order valence-electron chi connectivity index (χ2n) is 5.78. The van der Waals surface area contributed by atoms with Gasteiger partial charge in [0.1, 0.15) is 5.75 Å². The number of carbonyl (C=O) groups is 1. The first-order valence-corrected chi connectivity index (χ1v) is 6.98. The topological polar surface area (TPSA) is 66.8 Å². The number of aliphatic hydroxyl groups is 1. The molecule has 1 aromatic rings. The molecular formula is C16H22O4. The van der Waals surface area contributed by atoms with Gasteiger partial charge < -0.3 is 14.9 Å². The number of carboxylic acid groups (broad SMARTS) is 1. The molecule has 1 saturated carbocycles. The molecule has 2 rings (SSSR count). The molecule has 1 aromatic carbocycles. The highest BCUT2D eigenvalue weighted by molar-refractivity contribution is 5.70. The van der Waals surface area contributed by atoms with Crippen molar-refractivity contribution < 1.29 is 19.7 Å². The van der Waals surface area contributed by atoms with E-state index in [0.29, 0.717) is 25.7 Å². The summed E-state index contributed by atoms with van der Waals surface area (Å²) in [5, 5.41) is 20.0. The lowest BCUT2D eigenvalue weighted by atomic mass is 9.73. The molecule has 4 heteroatoms. The first kappa shape index (κ1) is 14.9. The molecule has 1 aliphatic rings. The van der Waals surface area contributed by atoms with Crippen LogP contribution in [-0.4, -0.2) is 23.3 Å². The van der Waals surface area contributed by atoms with Gasteiger partial charge in [0.05, 0.1) is 18.6 Å². The van der Waals surface area contributed by atoms with Crippen LogP contribution in [0.1, 0.15) is 42.4 Å². The Bertz CT molecular complexity index is 490. The van der Waals surface area contributed by atoms with Gasteiger partial charge in [-0.05, 0) is 68.4 Å². The minimum atomic E-state index is -0.910. The van der Waals surface area contributed by atoms with Crippen LogP contribution >= 0.6 is 0 Å². The lowest BCUT2D eigenvalue weighted by Gasteiger charge is -2.37. The van der Waals surface area contributed by atoms with Gasteiger partial charge in [-0.15, -0.1) is 0 Å². The largest absolute Gasteiger partial charge is 0.497 e. The van der Waals surface area contributed by atoms with Crippen molar-refractivity contribution in [3.05, 3.63) is 28.8 Å². The summed E-state index contributed by atoms with van der Waals surface area (Å²) in [7, 11) is 1.63. The average molecular weight is 278 g/mol. The SMILES string of the molecule is COc1cc(C)c(C2(O)CCC(C(=O)O)CC2)c(C)c1. The summed E-state index contributed by atoms with van der Waals surface area (Å²) in [6, 6.07) is 3.84. The first-order valence-electron chi connectivity index (χ1n) is 6.98. The lowest BCUT2D eigenvalue weighted by Crippen LogP contribution is -2.35. The minimum absolute atomic E-state index is 0.325. The Morgan fingerprint density at radius 1 is 1.25 bits per heavy atom. The lowest BCUT2D eigenvalue weighted by molar-refractivity contribution is -0.145. The van der Waals surface area contributed by atoms with Gasteiger partial charge in [0, 0.05) is 0 Å². The van der Waals surface area contributed by atoms with Crippen LogP contribution in [0.2, 0.25) is 0 Å². The maximum Gasteiger partial charge on any atom is 0.306 e. The summed E-state index contributed by atoms with van der Waals surface area (Å²) in [6.07, 6.45) is 2.05.